The molecule has 9 nitrogen and oxygen atoms in total. The van der Waals surface area contributed by atoms with Crippen LogP contribution < -0.4 is 16.2 Å². The summed E-state index contributed by atoms with van der Waals surface area (Å²) in [5.74, 6) is 0.609. The highest BCUT2D eigenvalue weighted by Crippen LogP contribution is 2.41. The number of ether oxygens (including phenoxy) is 1. The Labute approximate surface area is 395 Å². The van der Waals surface area contributed by atoms with Gasteiger partial charge in [0, 0.05) is 65.1 Å². The second-order valence-corrected chi connectivity index (χ2v) is 18.5. The summed E-state index contributed by atoms with van der Waals surface area (Å²) in [6.45, 7) is 9.48. The van der Waals surface area contributed by atoms with Crippen LogP contribution in [0.15, 0.2) is 146 Å². The third kappa shape index (κ3) is 10.3. The average molecular weight is 892 g/mol. The van der Waals surface area contributed by atoms with Crippen molar-refractivity contribution in [2.24, 2.45) is 11.5 Å². The van der Waals surface area contributed by atoms with E-state index in [0.29, 0.717) is 39.1 Å². The molecule has 9 heteroatoms. The number of hydrogen-bond donors (Lipinski definition) is 6. The van der Waals surface area contributed by atoms with Crippen LogP contribution in [0.3, 0.4) is 0 Å². The average Bonchev–Trinajstić information content (AvgIpc) is 4.20. The number of hydrogen-bond acceptors (Lipinski definition) is 4. The van der Waals surface area contributed by atoms with Crippen molar-refractivity contribution in [2.75, 3.05) is 32.8 Å². The molecule has 0 aliphatic carbocycles. The number of nitrogens with one attached hydrogen (secondary N) is 4. The van der Waals surface area contributed by atoms with Crippen LogP contribution in [0, 0.1) is 20.8 Å². The quantitative estimate of drug-likeness (QED) is 0.0537. The number of fused-ring (bicyclic) bond motifs is 8. The lowest BCUT2D eigenvalue weighted by atomic mass is 9.92. The summed E-state index contributed by atoms with van der Waals surface area (Å²) in [7, 11) is 0. The Morgan fingerprint density at radius 1 is 0.433 bits per heavy atom. The Kier molecular flexibility index (Phi) is 14.1. The van der Waals surface area contributed by atoms with Gasteiger partial charge in [0.1, 0.15) is 5.75 Å². The van der Waals surface area contributed by atoms with Gasteiger partial charge in [-0.3, -0.25) is 4.79 Å². The maximum atomic E-state index is 13.1. The molecule has 0 saturated carbocycles. The zero-order valence-corrected chi connectivity index (χ0v) is 39.2. The minimum Gasteiger partial charge on any atom is -0.494 e. The number of nitrogens with two attached hydrogens (primary N) is 2. The smallest absolute Gasteiger partial charge is 0.222 e. The molecule has 2 unspecified atom stereocenters. The Hall–Kier alpha value is -6.81. The zero-order chi connectivity index (χ0) is 46.3. The molecule has 1 aliphatic rings. The van der Waals surface area contributed by atoms with Gasteiger partial charge in [-0.05, 0) is 142 Å². The minimum atomic E-state index is -0.137. The monoisotopic (exact) mass is 892 g/mol. The number of amides is 1. The number of rotatable bonds is 16. The van der Waals surface area contributed by atoms with Gasteiger partial charge in [-0.1, -0.05) is 102 Å². The van der Waals surface area contributed by atoms with Crippen molar-refractivity contribution >= 4 is 5.91 Å². The Balaban J connectivity index is 1.08. The van der Waals surface area contributed by atoms with Gasteiger partial charge >= 0.3 is 0 Å². The fourth-order valence-electron chi connectivity index (χ4n) is 9.87. The summed E-state index contributed by atoms with van der Waals surface area (Å²) >= 11 is 0. The van der Waals surface area contributed by atoms with Gasteiger partial charge in [0.2, 0.25) is 5.91 Å². The van der Waals surface area contributed by atoms with Crippen molar-refractivity contribution in [3.63, 3.8) is 0 Å². The Morgan fingerprint density at radius 2 is 0.746 bits per heavy atom. The summed E-state index contributed by atoms with van der Waals surface area (Å²) in [6, 6.07) is 53.3. The lowest BCUT2D eigenvalue weighted by molar-refractivity contribution is -0.131. The fraction of sp³-hybridized carbons (Fsp3) is 0.293. The van der Waals surface area contributed by atoms with E-state index in [1.165, 1.54) is 33.4 Å². The van der Waals surface area contributed by atoms with Gasteiger partial charge in [0.15, 0.2) is 0 Å². The molecule has 0 spiro atoms. The number of H-pyrrole nitrogens is 4. The Bertz CT molecular complexity index is 2700. The van der Waals surface area contributed by atoms with Gasteiger partial charge < -0.3 is 41.0 Å². The summed E-state index contributed by atoms with van der Waals surface area (Å²) in [5, 5.41) is 0. The molecule has 1 amide bonds. The van der Waals surface area contributed by atoms with Crippen LogP contribution in [-0.4, -0.2) is 63.5 Å². The molecule has 4 aromatic carbocycles. The Morgan fingerprint density at radius 3 is 1.07 bits per heavy atom. The summed E-state index contributed by atoms with van der Waals surface area (Å²) in [4.78, 5) is 31.0. The number of aryl methyl sites for hydroxylation is 3. The lowest BCUT2D eigenvalue weighted by Gasteiger charge is -2.22. The van der Waals surface area contributed by atoms with E-state index in [0.717, 1.165) is 82.7 Å². The van der Waals surface area contributed by atoms with Crippen molar-refractivity contribution in [1.29, 1.82) is 0 Å². The molecule has 8 bridgehead atoms. The molecule has 5 heterocycles. The molecule has 0 saturated heterocycles. The molecule has 8 N–H and O–H groups in total. The van der Waals surface area contributed by atoms with E-state index < -0.39 is 0 Å². The molecule has 0 fully saturated rings. The van der Waals surface area contributed by atoms with Crippen LogP contribution in [0.25, 0.3) is 0 Å². The van der Waals surface area contributed by atoms with E-state index >= 15 is 0 Å². The van der Waals surface area contributed by atoms with Crippen molar-refractivity contribution in [3.8, 4) is 5.75 Å². The van der Waals surface area contributed by atoms with Crippen LogP contribution in [0.1, 0.15) is 140 Å². The van der Waals surface area contributed by atoms with E-state index in [4.69, 9.17) is 16.2 Å². The number of carbonyl (C=O) groups is 1. The van der Waals surface area contributed by atoms with Gasteiger partial charge in [-0.2, -0.15) is 0 Å². The highest BCUT2D eigenvalue weighted by atomic mass is 16.5. The molecule has 344 valence electrons. The van der Waals surface area contributed by atoms with Crippen molar-refractivity contribution in [1.82, 2.24) is 24.8 Å². The number of aromatic nitrogens is 4. The second kappa shape index (κ2) is 20.8. The van der Waals surface area contributed by atoms with E-state index in [1.54, 1.807) is 0 Å². The number of unbranched alkanes of at least 4 members (excludes halogenated alkanes) is 1. The van der Waals surface area contributed by atoms with Gasteiger partial charge in [0.05, 0.1) is 30.3 Å². The topological polar surface area (TPSA) is 145 Å². The first-order chi connectivity index (χ1) is 32.8. The molecule has 4 aromatic heterocycles. The first-order valence-corrected chi connectivity index (χ1v) is 24.1. The van der Waals surface area contributed by atoms with E-state index in [2.05, 4.69) is 186 Å². The van der Waals surface area contributed by atoms with Crippen LogP contribution in [0.2, 0.25) is 0 Å². The minimum absolute atomic E-state index is 0.0426. The van der Waals surface area contributed by atoms with Gasteiger partial charge in [0.25, 0.3) is 0 Å². The van der Waals surface area contributed by atoms with Crippen LogP contribution in [0.5, 0.6) is 5.75 Å². The van der Waals surface area contributed by atoms with Crippen LogP contribution in [0.4, 0.5) is 0 Å². The predicted molar refractivity (Wildman–Crippen MR) is 270 cm³/mol. The van der Waals surface area contributed by atoms with E-state index in [-0.39, 0.29) is 29.6 Å². The molecular formula is C58H65N7O2. The van der Waals surface area contributed by atoms with Crippen LogP contribution >= 0.6 is 0 Å². The maximum absolute atomic E-state index is 13.1. The van der Waals surface area contributed by atoms with Gasteiger partial charge in [-0.25, -0.2) is 0 Å². The van der Waals surface area contributed by atoms with E-state index in [9.17, 15) is 4.79 Å². The summed E-state index contributed by atoms with van der Waals surface area (Å²) in [5.41, 5.74) is 28.8. The molecule has 1 aliphatic heterocycles. The fourth-order valence-corrected chi connectivity index (χ4v) is 9.87. The molecule has 2 atom stereocenters. The number of benzene rings is 4. The zero-order valence-electron chi connectivity index (χ0n) is 39.2. The highest BCUT2D eigenvalue weighted by molar-refractivity contribution is 5.76. The lowest BCUT2D eigenvalue weighted by Crippen LogP contribution is -2.34. The highest BCUT2D eigenvalue weighted by Gasteiger charge is 2.30. The van der Waals surface area contributed by atoms with Crippen molar-refractivity contribution in [2.45, 2.75) is 76.5 Å². The number of aromatic amines is 4. The SMILES string of the molecule is Cc1ccc(C2c3ccc([nH]3)C(c3ccc(C)cc3)c3ccc([nH]3)C(c3ccc(OCCCC(=O)N(CCCN)CCCCN)cc3)c3ccc([nH]3)C(c3ccc(C)cc3)c3ccc2[nH]3)cc1. The molecular weight excluding hydrogens is 827 g/mol. The molecule has 67 heavy (non-hydrogen) atoms. The number of carbonyl (C=O) groups excluding carboxylic acids is 1. The van der Waals surface area contributed by atoms with E-state index in [1.807, 2.05) is 4.90 Å². The largest absolute Gasteiger partial charge is 0.494 e. The normalized spacial score (nSPS) is 16.8. The van der Waals surface area contributed by atoms with Crippen molar-refractivity contribution < 1.29 is 9.53 Å². The molecule has 0 radical (unpaired) electrons. The maximum Gasteiger partial charge on any atom is 0.222 e. The standard InChI is InChI=1S/C58H65N7O2/c1-38-9-15-41(16-10-38)55-46-25-27-48(61-46)56(42-17-11-39(2)12-18-42)50-29-31-52(63-50)58(53-32-30-51(64-53)57(49-28-26-47(55)62-49)43-19-13-40(3)14-20-43)44-21-23-45(24-22-44)67-37-6-8-54(66)65(36-7-34-60)35-5-4-33-59/h9-32,55-58,61-64H,4-8,33-37,59-60H2,1-3H3. The summed E-state index contributed by atoms with van der Waals surface area (Å²) in [6.07, 6.45) is 3.68. The van der Waals surface area contributed by atoms with Crippen LogP contribution in [-0.2, 0) is 4.79 Å². The third-order valence-corrected chi connectivity index (χ3v) is 13.5. The number of nitrogens with zero attached hydrogens (tertiary/aromatic N) is 1. The second-order valence-electron chi connectivity index (χ2n) is 18.5. The third-order valence-electron chi connectivity index (χ3n) is 13.5. The van der Waals surface area contributed by atoms with Crippen molar-refractivity contribution in [3.05, 3.63) is 230 Å². The predicted octanol–water partition coefficient (Wildman–Crippen LogP) is 11.0. The van der Waals surface area contributed by atoms with Gasteiger partial charge in [-0.15, -0.1) is 0 Å². The first-order valence-electron chi connectivity index (χ1n) is 24.1. The summed E-state index contributed by atoms with van der Waals surface area (Å²) < 4.78 is 6.26. The molecule has 9 rings (SSSR count). The first kappa shape index (κ1) is 45.4. The molecule has 8 aromatic rings.